The Balaban J connectivity index is 1.92. The first kappa shape index (κ1) is 26.1. The number of ether oxygens (including phenoxy) is 2. The normalized spacial score (nSPS) is 12.3. The molecule has 0 saturated heterocycles. The van der Waals surface area contributed by atoms with Crippen molar-refractivity contribution in [1.29, 1.82) is 5.26 Å². The van der Waals surface area contributed by atoms with Crippen molar-refractivity contribution in [2.75, 3.05) is 20.8 Å². The maximum absolute atomic E-state index is 11.9. The van der Waals surface area contributed by atoms with E-state index in [2.05, 4.69) is 30.7 Å². The number of nitriles is 1. The van der Waals surface area contributed by atoms with Gasteiger partial charge in [-0.25, -0.2) is 9.78 Å². The van der Waals surface area contributed by atoms with Gasteiger partial charge in [0, 0.05) is 33.3 Å². The van der Waals surface area contributed by atoms with Crippen LogP contribution in [-0.4, -0.2) is 59.9 Å². The van der Waals surface area contributed by atoms with Crippen LogP contribution >= 0.6 is 0 Å². The molecule has 2 aromatic carbocycles. The summed E-state index contributed by atoms with van der Waals surface area (Å²) in [6.45, 7) is 9.65. The maximum atomic E-state index is 11.9. The highest BCUT2D eigenvalue weighted by molar-refractivity contribution is 6.76. The van der Waals surface area contributed by atoms with Crippen LogP contribution in [0.25, 0.3) is 21.9 Å². The first-order valence-corrected chi connectivity index (χ1v) is 15.7. The van der Waals surface area contributed by atoms with Gasteiger partial charge in [0.2, 0.25) is 0 Å². The van der Waals surface area contributed by atoms with Crippen LogP contribution < -0.4 is 4.74 Å². The molecule has 9 nitrogen and oxygen atoms in total. The fraction of sp³-hybridized carbons (Fsp3) is 0.333. The number of methoxy groups -OCH3 is 1. The zero-order valence-electron chi connectivity index (χ0n) is 22.0. The second kappa shape index (κ2) is 10.2. The predicted molar refractivity (Wildman–Crippen MR) is 147 cm³/mol. The summed E-state index contributed by atoms with van der Waals surface area (Å²) in [7, 11) is 1.98. The number of hydrogen-bond donors (Lipinski definition) is 1. The smallest absolute Gasteiger partial charge is 0.416 e. The molecule has 0 aliphatic rings. The SMILES string of the molecule is C/N=C(\c1c(OC)cc(C)c2c1ccn2C(=O)O)c1nc2cc(C#N)ccc2n1COCC[Si](C)(C)C. The van der Waals surface area contributed by atoms with E-state index in [9.17, 15) is 15.2 Å². The Hall–Kier alpha value is -3.94. The van der Waals surface area contributed by atoms with Gasteiger partial charge in [0.05, 0.1) is 40.9 Å². The highest BCUT2D eigenvalue weighted by atomic mass is 28.3. The van der Waals surface area contributed by atoms with E-state index in [-0.39, 0.29) is 6.73 Å². The number of nitrogens with zero attached hydrogens (tertiary/aromatic N) is 5. The van der Waals surface area contributed by atoms with E-state index in [1.165, 1.54) is 10.8 Å². The van der Waals surface area contributed by atoms with Gasteiger partial charge in [-0.2, -0.15) is 5.26 Å². The maximum Gasteiger partial charge on any atom is 0.416 e. The van der Waals surface area contributed by atoms with Crippen molar-refractivity contribution in [3.8, 4) is 11.8 Å². The molecule has 0 amide bonds. The average molecular weight is 518 g/mol. The number of imidazole rings is 1. The quantitative estimate of drug-likeness (QED) is 0.188. The number of aliphatic imine (C=N–C) groups is 1. The third-order valence-corrected chi connectivity index (χ3v) is 8.02. The topological polar surface area (TPSA) is 115 Å². The van der Waals surface area contributed by atoms with Gasteiger partial charge in [0.25, 0.3) is 0 Å². The first-order valence-electron chi connectivity index (χ1n) is 12.0. The monoisotopic (exact) mass is 517 g/mol. The van der Waals surface area contributed by atoms with Gasteiger partial charge in [0.15, 0.2) is 5.82 Å². The molecule has 0 saturated carbocycles. The molecule has 37 heavy (non-hydrogen) atoms. The molecular formula is C27H31N5O4Si. The van der Waals surface area contributed by atoms with Crippen LogP contribution in [0, 0.1) is 18.3 Å². The minimum absolute atomic E-state index is 0.259. The zero-order valence-corrected chi connectivity index (χ0v) is 23.0. The highest BCUT2D eigenvalue weighted by Gasteiger charge is 2.25. The Morgan fingerprint density at radius 2 is 2.00 bits per heavy atom. The van der Waals surface area contributed by atoms with Crippen molar-refractivity contribution in [2.45, 2.75) is 39.3 Å². The number of rotatable bonds is 8. The van der Waals surface area contributed by atoms with Gasteiger partial charge in [-0.15, -0.1) is 0 Å². The summed E-state index contributed by atoms with van der Waals surface area (Å²) in [6.07, 6.45) is 0.453. The molecule has 4 rings (SSSR count). The fourth-order valence-electron chi connectivity index (χ4n) is 4.44. The third-order valence-electron chi connectivity index (χ3n) is 6.32. The second-order valence-electron chi connectivity index (χ2n) is 10.1. The number of hydrogen-bond acceptors (Lipinski definition) is 6. The second-order valence-corrected chi connectivity index (χ2v) is 15.7. The summed E-state index contributed by atoms with van der Waals surface area (Å²) < 4.78 is 15.0. The van der Waals surface area contributed by atoms with Crippen LogP contribution in [0.4, 0.5) is 4.79 Å². The summed E-state index contributed by atoms with van der Waals surface area (Å²) in [5.41, 5.74) is 4.47. The van der Waals surface area contributed by atoms with Gasteiger partial charge < -0.3 is 14.6 Å². The molecule has 192 valence electrons. The lowest BCUT2D eigenvalue weighted by molar-refractivity contribution is 0.0895. The standard InChI is InChI=1S/C27H31N5O4Si/c1-17-13-22(35-3)23(19-9-10-31(25(17)19)27(33)34)24(29-2)26-30-20-14-18(15-28)7-8-21(20)32(26)16-36-11-12-37(4,5)6/h7-10,13-14H,11-12,16H2,1-6H3,(H,33,34)/b29-24+. The number of benzene rings is 2. The van der Waals surface area contributed by atoms with E-state index >= 15 is 0 Å². The molecule has 0 aliphatic carbocycles. The van der Waals surface area contributed by atoms with Gasteiger partial charge in [0.1, 0.15) is 18.2 Å². The molecule has 0 spiro atoms. The number of aromatic nitrogens is 3. The van der Waals surface area contributed by atoms with E-state index < -0.39 is 14.2 Å². The highest BCUT2D eigenvalue weighted by Crippen LogP contribution is 2.34. The van der Waals surface area contributed by atoms with Crippen LogP contribution in [0.3, 0.4) is 0 Å². The molecule has 0 aliphatic heterocycles. The Morgan fingerprint density at radius 1 is 1.24 bits per heavy atom. The van der Waals surface area contributed by atoms with Gasteiger partial charge in [-0.1, -0.05) is 19.6 Å². The van der Waals surface area contributed by atoms with Crippen LogP contribution in [0.15, 0.2) is 41.5 Å². The molecule has 2 heterocycles. The molecule has 0 fully saturated rings. The molecule has 0 radical (unpaired) electrons. The third kappa shape index (κ3) is 5.01. The summed E-state index contributed by atoms with van der Waals surface area (Å²) in [6, 6.07) is 12.1. The molecule has 0 atom stereocenters. The lowest BCUT2D eigenvalue weighted by Crippen LogP contribution is -2.22. The van der Waals surface area contributed by atoms with Crippen LogP contribution in [0.1, 0.15) is 22.5 Å². The zero-order chi connectivity index (χ0) is 26.9. The number of carboxylic acid groups (broad SMARTS) is 1. The molecule has 0 bridgehead atoms. The Morgan fingerprint density at radius 3 is 2.62 bits per heavy atom. The summed E-state index contributed by atoms with van der Waals surface area (Å²) in [4.78, 5) is 21.4. The molecule has 10 heteroatoms. The largest absolute Gasteiger partial charge is 0.496 e. The predicted octanol–water partition coefficient (Wildman–Crippen LogP) is 5.49. The summed E-state index contributed by atoms with van der Waals surface area (Å²) in [5.74, 6) is 1.11. The van der Waals surface area contributed by atoms with E-state index in [0.29, 0.717) is 51.4 Å². The molecule has 1 N–H and O–H groups in total. The van der Waals surface area contributed by atoms with E-state index in [4.69, 9.17) is 14.5 Å². The van der Waals surface area contributed by atoms with E-state index in [1.807, 2.05) is 23.6 Å². The minimum atomic E-state index is -1.27. The van der Waals surface area contributed by atoms with Crippen LogP contribution in [0.2, 0.25) is 25.7 Å². The van der Waals surface area contributed by atoms with Crippen molar-refractivity contribution >= 4 is 41.8 Å². The Kier molecular flexibility index (Phi) is 7.20. The van der Waals surface area contributed by atoms with Gasteiger partial charge >= 0.3 is 6.09 Å². The molecular weight excluding hydrogens is 486 g/mol. The van der Waals surface area contributed by atoms with Gasteiger partial charge in [-0.05, 0) is 48.9 Å². The van der Waals surface area contributed by atoms with Crippen LogP contribution in [0.5, 0.6) is 5.75 Å². The number of fused-ring (bicyclic) bond motifs is 2. The lowest BCUT2D eigenvalue weighted by atomic mass is 10.00. The molecule has 0 unspecified atom stereocenters. The molecule has 2 aromatic heterocycles. The van der Waals surface area contributed by atoms with Crippen LogP contribution in [-0.2, 0) is 11.5 Å². The average Bonchev–Trinajstić information content (AvgIpc) is 3.45. The fourth-order valence-corrected chi connectivity index (χ4v) is 5.20. The minimum Gasteiger partial charge on any atom is -0.496 e. The Bertz CT molecular complexity index is 1570. The van der Waals surface area contributed by atoms with Gasteiger partial charge in [-0.3, -0.25) is 14.1 Å². The van der Waals surface area contributed by atoms with Crippen molar-refractivity contribution < 1.29 is 19.4 Å². The van der Waals surface area contributed by atoms with Crippen molar-refractivity contribution in [3.63, 3.8) is 0 Å². The van der Waals surface area contributed by atoms with Crippen molar-refractivity contribution in [3.05, 3.63) is 59.0 Å². The number of aryl methyl sites for hydroxylation is 1. The lowest BCUT2D eigenvalue weighted by Gasteiger charge is -2.18. The van der Waals surface area contributed by atoms with Crippen molar-refractivity contribution in [1.82, 2.24) is 14.1 Å². The molecule has 4 aromatic rings. The summed E-state index contributed by atoms with van der Waals surface area (Å²) in [5, 5.41) is 19.8. The van der Waals surface area contributed by atoms with E-state index in [0.717, 1.165) is 17.1 Å². The van der Waals surface area contributed by atoms with Crippen molar-refractivity contribution in [2.24, 2.45) is 4.99 Å². The number of carbonyl (C=O) groups is 1. The summed E-state index contributed by atoms with van der Waals surface area (Å²) >= 11 is 0. The van der Waals surface area contributed by atoms with E-state index in [1.54, 1.807) is 32.4 Å². The first-order chi connectivity index (χ1) is 17.6. The Labute approximate surface area is 216 Å².